The van der Waals surface area contributed by atoms with Crippen molar-refractivity contribution in [3.05, 3.63) is 0 Å². The number of rotatable bonds is 9. The molecule has 0 rings (SSSR count). The fourth-order valence-corrected chi connectivity index (χ4v) is 1.67. The molecule has 0 amide bonds. The number of ether oxygens (including phenoxy) is 1. The summed E-state index contributed by atoms with van der Waals surface area (Å²) in [5.74, 6) is -0.0899. The molecule has 0 aliphatic carbocycles. The molecule has 0 saturated heterocycles. The van der Waals surface area contributed by atoms with E-state index in [1.807, 2.05) is 6.92 Å². The summed E-state index contributed by atoms with van der Waals surface area (Å²) in [7, 11) is 0. The van der Waals surface area contributed by atoms with E-state index >= 15 is 0 Å². The molecule has 1 atom stereocenters. The standard InChI is InChI=1S/C12H23BrO2/c1-3-4-5-6-7-8-9-10-12(14)15-11(2)13/h11H,3-10H2,1-2H3. The van der Waals surface area contributed by atoms with Crippen molar-refractivity contribution in [3.63, 3.8) is 0 Å². The maximum Gasteiger partial charge on any atom is 0.306 e. The van der Waals surface area contributed by atoms with E-state index in [9.17, 15) is 4.79 Å². The molecule has 90 valence electrons. The van der Waals surface area contributed by atoms with Crippen LogP contribution in [0.1, 0.15) is 65.2 Å². The van der Waals surface area contributed by atoms with Crippen LogP contribution >= 0.6 is 15.9 Å². The predicted octanol–water partition coefficient (Wildman–Crippen LogP) is 4.41. The first-order valence-electron chi connectivity index (χ1n) is 6.00. The van der Waals surface area contributed by atoms with Crippen LogP contribution in [0.2, 0.25) is 0 Å². The summed E-state index contributed by atoms with van der Waals surface area (Å²) in [4.78, 5) is 11.1. The maximum absolute atomic E-state index is 11.1. The molecule has 15 heavy (non-hydrogen) atoms. The van der Waals surface area contributed by atoms with E-state index in [1.165, 1.54) is 32.1 Å². The van der Waals surface area contributed by atoms with Gasteiger partial charge in [-0.25, -0.2) is 0 Å². The van der Waals surface area contributed by atoms with Crippen molar-refractivity contribution >= 4 is 21.9 Å². The van der Waals surface area contributed by atoms with Crippen molar-refractivity contribution in [3.8, 4) is 0 Å². The van der Waals surface area contributed by atoms with Gasteiger partial charge in [0.25, 0.3) is 0 Å². The maximum atomic E-state index is 11.1. The van der Waals surface area contributed by atoms with Gasteiger partial charge in [0.1, 0.15) is 0 Å². The van der Waals surface area contributed by atoms with Crippen LogP contribution in [0.5, 0.6) is 0 Å². The Morgan fingerprint density at radius 2 is 1.67 bits per heavy atom. The van der Waals surface area contributed by atoms with Crippen LogP contribution in [-0.2, 0) is 9.53 Å². The number of halogens is 1. The van der Waals surface area contributed by atoms with E-state index in [4.69, 9.17) is 4.74 Å². The molecular formula is C12H23BrO2. The average Bonchev–Trinajstić information content (AvgIpc) is 2.15. The second kappa shape index (κ2) is 10.5. The Balaban J connectivity index is 3.13. The highest BCUT2D eigenvalue weighted by Crippen LogP contribution is 2.10. The van der Waals surface area contributed by atoms with Gasteiger partial charge < -0.3 is 4.74 Å². The Hall–Kier alpha value is -0.0500. The summed E-state index contributed by atoms with van der Waals surface area (Å²) in [5.41, 5.74) is 0. The van der Waals surface area contributed by atoms with Crippen LogP contribution in [0.25, 0.3) is 0 Å². The highest BCUT2D eigenvalue weighted by molar-refractivity contribution is 9.09. The number of carbonyl (C=O) groups is 1. The zero-order chi connectivity index (χ0) is 11.5. The van der Waals surface area contributed by atoms with Gasteiger partial charge in [0.15, 0.2) is 5.01 Å². The molecule has 0 aliphatic rings. The van der Waals surface area contributed by atoms with Crippen molar-refractivity contribution in [2.75, 3.05) is 0 Å². The van der Waals surface area contributed by atoms with Crippen LogP contribution in [0, 0.1) is 0 Å². The second-order valence-electron chi connectivity index (χ2n) is 3.90. The zero-order valence-electron chi connectivity index (χ0n) is 9.93. The van der Waals surface area contributed by atoms with Gasteiger partial charge in [-0.05, 0) is 29.3 Å². The average molecular weight is 279 g/mol. The van der Waals surface area contributed by atoms with Gasteiger partial charge in [-0.3, -0.25) is 4.79 Å². The van der Waals surface area contributed by atoms with Crippen molar-refractivity contribution in [1.82, 2.24) is 0 Å². The molecule has 1 unspecified atom stereocenters. The number of alkyl halides is 1. The minimum absolute atomic E-state index is 0.0899. The molecule has 0 N–H and O–H groups in total. The third-order valence-corrected chi connectivity index (χ3v) is 2.47. The van der Waals surface area contributed by atoms with Gasteiger partial charge >= 0.3 is 5.97 Å². The molecule has 0 bridgehead atoms. The molecule has 0 fully saturated rings. The molecule has 0 aromatic carbocycles. The number of esters is 1. The summed E-state index contributed by atoms with van der Waals surface area (Å²) in [6, 6.07) is 0. The Kier molecular flexibility index (Phi) is 10.4. The van der Waals surface area contributed by atoms with E-state index in [0.29, 0.717) is 6.42 Å². The van der Waals surface area contributed by atoms with Crippen LogP contribution in [0.4, 0.5) is 0 Å². The minimum atomic E-state index is -0.158. The first kappa shape index (κ1) is 14.9. The van der Waals surface area contributed by atoms with Crippen LogP contribution in [-0.4, -0.2) is 11.0 Å². The Morgan fingerprint density at radius 1 is 1.13 bits per heavy atom. The molecule has 0 aromatic rings. The lowest BCUT2D eigenvalue weighted by Gasteiger charge is -2.05. The largest absolute Gasteiger partial charge is 0.451 e. The lowest BCUT2D eigenvalue weighted by atomic mass is 10.1. The van der Waals surface area contributed by atoms with E-state index in [1.54, 1.807) is 0 Å². The van der Waals surface area contributed by atoms with Gasteiger partial charge in [-0.15, -0.1) is 0 Å². The monoisotopic (exact) mass is 278 g/mol. The van der Waals surface area contributed by atoms with Crippen molar-refractivity contribution in [2.45, 2.75) is 70.2 Å². The summed E-state index contributed by atoms with van der Waals surface area (Å²) in [6.07, 6.45) is 9.18. The fraction of sp³-hybridized carbons (Fsp3) is 0.917. The number of carbonyl (C=O) groups excluding carboxylic acids is 1. The quantitative estimate of drug-likeness (QED) is 0.355. The molecule has 0 radical (unpaired) electrons. The summed E-state index contributed by atoms with van der Waals surface area (Å²) < 4.78 is 4.97. The highest BCUT2D eigenvalue weighted by atomic mass is 79.9. The lowest BCUT2D eigenvalue weighted by Crippen LogP contribution is -2.08. The van der Waals surface area contributed by atoms with Gasteiger partial charge in [0.05, 0.1) is 0 Å². The van der Waals surface area contributed by atoms with Crippen LogP contribution in [0.3, 0.4) is 0 Å². The molecule has 0 saturated carbocycles. The van der Waals surface area contributed by atoms with Gasteiger partial charge in [-0.2, -0.15) is 0 Å². The molecule has 2 nitrogen and oxygen atoms in total. The number of unbranched alkanes of at least 4 members (excludes halogenated alkanes) is 6. The SMILES string of the molecule is CCCCCCCCCC(=O)OC(C)Br. The highest BCUT2D eigenvalue weighted by Gasteiger charge is 2.05. The van der Waals surface area contributed by atoms with Crippen molar-refractivity contribution < 1.29 is 9.53 Å². The normalized spacial score (nSPS) is 12.5. The van der Waals surface area contributed by atoms with Gasteiger partial charge in [-0.1, -0.05) is 45.4 Å². The number of hydrogen-bond acceptors (Lipinski definition) is 2. The Bertz CT molecular complexity index is 158. The van der Waals surface area contributed by atoms with E-state index in [0.717, 1.165) is 12.8 Å². The molecule has 0 spiro atoms. The van der Waals surface area contributed by atoms with Crippen molar-refractivity contribution in [2.24, 2.45) is 0 Å². The predicted molar refractivity (Wildman–Crippen MR) is 67.1 cm³/mol. The van der Waals surface area contributed by atoms with Crippen LogP contribution < -0.4 is 0 Å². The molecule has 3 heteroatoms. The van der Waals surface area contributed by atoms with Crippen molar-refractivity contribution in [1.29, 1.82) is 0 Å². The lowest BCUT2D eigenvalue weighted by molar-refractivity contribution is -0.144. The topological polar surface area (TPSA) is 26.3 Å². The third-order valence-electron chi connectivity index (χ3n) is 2.28. The Morgan fingerprint density at radius 3 is 2.20 bits per heavy atom. The van der Waals surface area contributed by atoms with E-state index in [-0.39, 0.29) is 11.0 Å². The summed E-state index contributed by atoms with van der Waals surface area (Å²) in [6.45, 7) is 4.03. The smallest absolute Gasteiger partial charge is 0.306 e. The Labute approximate surface area is 102 Å². The third kappa shape index (κ3) is 11.9. The summed E-state index contributed by atoms with van der Waals surface area (Å²) in [5, 5.41) is -0.158. The molecule has 0 heterocycles. The van der Waals surface area contributed by atoms with Gasteiger partial charge in [0, 0.05) is 6.42 Å². The fourth-order valence-electron chi connectivity index (χ4n) is 1.47. The molecular weight excluding hydrogens is 256 g/mol. The van der Waals surface area contributed by atoms with E-state index in [2.05, 4.69) is 22.9 Å². The minimum Gasteiger partial charge on any atom is -0.451 e. The summed E-state index contributed by atoms with van der Waals surface area (Å²) >= 11 is 3.18. The van der Waals surface area contributed by atoms with Crippen LogP contribution in [0.15, 0.2) is 0 Å². The second-order valence-corrected chi connectivity index (χ2v) is 5.19. The first-order valence-corrected chi connectivity index (χ1v) is 6.92. The van der Waals surface area contributed by atoms with E-state index < -0.39 is 0 Å². The zero-order valence-corrected chi connectivity index (χ0v) is 11.5. The number of hydrogen-bond donors (Lipinski definition) is 0. The molecule has 0 aromatic heterocycles. The molecule has 0 aliphatic heterocycles. The first-order chi connectivity index (χ1) is 7.16. The van der Waals surface area contributed by atoms with Gasteiger partial charge in [0.2, 0.25) is 0 Å².